The molecule has 0 aliphatic rings. The van der Waals surface area contributed by atoms with Gasteiger partial charge in [0.05, 0.1) is 16.7 Å². The summed E-state index contributed by atoms with van der Waals surface area (Å²) in [7, 11) is 0. The van der Waals surface area contributed by atoms with Crippen molar-refractivity contribution in [1.29, 1.82) is 0 Å². The van der Waals surface area contributed by atoms with Gasteiger partial charge in [0.25, 0.3) is 0 Å². The van der Waals surface area contributed by atoms with Crippen LogP contribution in [0.25, 0.3) is 21.8 Å². The van der Waals surface area contributed by atoms with Crippen molar-refractivity contribution < 1.29 is 5.11 Å². The first-order chi connectivity index (χ1) is 8.29. The molecule has 4 N–H and O–H groups in total. The number of anilines is 1. The first-order valence-corrected chi connectivity index (χ1v) is 5.27. The average molecular weight is 225 g/mol. The third-order valence-corrected chi connectivity index (χ3v) is 2.83. The number of phenolic OH excluding ortho intramolecular Hbond substituents is 1. The van der Waals surface area contributed by atoms with E-state index in [0.29, 0.717) is 11.1 Å². The summed E-state index contributed by atoms with van der Waals surface area (Å²) in [6.07, 6.45) is 0. The maximum atomic E-state index is 10.0. The SMILES string of the molecule is NNc1ccc2nc3ccccc3cc2c1O. The Morgan fingerprint density at radius 3 is 2.71 bits per heavy atom. The molecule has 0 spiro atoms. The van der Waals surface area contributed by atoms with Crippen LogP contribution in [-0.2, 0) is 0 Å². The third-order valence-electron chi connectivity index (χ3n) is 2.83. The van der Waals surface area contributed by atoms with Gasteiger partial charge in [-0.1, -0.05) is 18.2 Å². The van der Waals surface area contributed by atoms with Gasteiger partial charge < -0.3 is 10.5 Å². The summed E-state index contributed by atoms with van der Waals surface area (Å²) in [6, 6.07) is 13.2. The van der Waals surface area contributed by atoms with E-state index in [-0.39, 0.29) is 5.75 Å². The molecule has 4 heteroatoms. The highest BCUT2D eigenvalue weighted by molar-refractivity contribution is 5.98. The molecule has 0 fully saturated rings. The Bertz CT molecular complexity index is 709. The van der Waals surface area contributed by atoms with E-state index in [1.54, 1.807) is 6.07 Å². The fourth-order valence-corrected chi connectivity index (χ4v) is 1.95. The normalized spacial score (nSPS) is 10.9. The van der Waals surface area contributed by atoms with E-state index in [1.165, 1.54) is 0 Å². The van der Waals surface area contributed by atoms with Crippen LogP contribution in [0.4, 0.5) is 5.69 Å². The molecule has 3 rings (SSSR count). The van der Waals surface area contributed by atoms with Gasteiger partial charge in [0, 0.05) is 10.8 Å². The second-order valence-corrected chi connectivity index (χ2v) is 3.85. The van der Waals surface area contributed by atoms with Crippen molar-refractivity contribution in [2.45, 2.75) is 0 Å². The summed E-state index contributed by atoms with van der Waals surface area (Å²) in [5.41, 5.74) is 4.61. The van der Waals surface area contributed by atoms with E-state index >= 15 is 0 Å². The van der Waals surface area contributed by atoms with Crippen LogP contribution in [0.5, 0.6) is 5.75 Å². The lowest BCUT2D eigenvalue weighted by Crippen LogP contribution is -2.06. The highest BCUT2D eigenvalue weighted by Gasteiger charge is 2.07. The van der Waals surface area contributed by atoms with E-state index in [1.807, 2.05) is 36.4 Å². The lowest BCUT2D eigenvalue weighted by atomic mass is 10.1. The van der Waals surface area contributed by atoms with Crippen LogP contribution >= 0.6 is 0 Å². The highest BCUT2D eigenvalue weighted by Crippen LogP contribution is 2.32. The van der Waals surface area contributed by atoms with Crippen LogP contribution in [0, 0.1) is 0 Å². The Kier molecular flexibility index (Phi) is 2.09. The average Bonchev–Trinajstić information content (AvgIpc) is 2.37. The fourth-order valence-electron chi connectivity index (χ4n) is 1.95. The molecule has 4 nitrogen and oxygen atoms in total. The zero-order valence-corrected chi connectivity index (χ0v) is 9.01. The van der Waals surface area contributed by atoms with Gasteiger partial charge in [0.15, 0.2) is 0 Å². The molecular formula is C13H11N3O. The summed E-state index contributed by atoms with van der Waals surface area (Å²) in [5.74, 6) is 5.45. The molecule has 3 aromatic rings. The maximum absolute atomic E-state index is 10.0. The molecule has 0 saturated carbocycles. The molecule has 0 aliphatic carbocycles. The minimum atomic E-state index is 0.128. The van der Waals surface area contributed by atoms with Gasteiger partial charge >= 0.3 is 0 Å². The van der Waals surface area contributed by atoms with Gasteiger partial charge in [-0.25, -0.2) is 4.98 Å². The number of phenols is 1. The lowest BCUT2D eigenvalue weighted by molar-refractivity contribution is 0.483. The van der Waals surface area contributed by atoms with E-state index in [9.17, 15) is 5.11 Å². The standard InChI is InChI=1S/C13H11N3O/c14-16-12-6-5-11-9(13(12)17)7-8-3-1-2-4-10(8)15-11/h1-7,16-17H,14H2. The Morgan fingerprint density at radius 1 is 1.06 bits per heavy atom. The zero-order chi connectivity index (χ0) is 11.8. The molecule has 1 heterocycles. The van der Waals surface area contributed by atoms with E-state index < -0.39 is 0 Å². The number of rotatable bonds is 1. The van der Waals surface area contributed by atoms with Crippen LogP contribution in [0.1, 0.15) is 0 Å². The number of nitrogens with zero attached hydrogens (tertiary/aromatic N) is 1. The van der Waals surface area contributed by atoms with Gasteiger partial charge in [0.1, 0.15) is 5.75 Å². The van der Waals surface area contributed by atoms with Crippen LogP contribution < -0.4 is 11.3 Å². The molecule has 0 saturated heterocycles. The fraction of sp³-hybridized carbons (Fsp3) is 0. The first kappa shape index (κ1) is 9.86. The minimum Gasteiger partial charge on any atom is -0.505 e. The van der Waals surface area contributed by atoms with Gasteiger partial charge in [-0.3, -0.25) is 5.84 Å². The van der Waals surface area contributed by atoms with Gasteiger partial charge in [-0.05, 0) is 24.3 Å². The molecular weight excluding hydrogens is 214 g/mol. The number of fused-ring (bicyclic) bond motifs is 2. The number of nitrogens with one attached hydrogen (secondary N) is 1. The number of para-hydroxylation sites is 1. The lowest BCUT2D eigenvalue weighted by Gasteiger charge is -2.07. The monoisotopic (exact) mass is 225 g/mol. The van der Waals surface area contributed by atoms with E-state index in [4.69, 9.17) is 5.84 Å². The first-order valence-electron chi connectivity index (χ1n) is 5.27. The number of benzene rings is 2. The van der Waals surface area contributed by atoms with Crippen molar-refractivity contribution in [3.8, 4) is 5.75 Å². The van der Waals surface area contributed by atoms with E-state index in [0.717, 1.165) is 16.4 Å². The van der Waals surface area contributed by atoms with Crippen LogP contribution in [0.15, 0.2) is 42.5 Å². The van der Waals surface area contributed by atoms with Crippen molar-refractivity contribution in [2.24, 2.45) is 5.84 Å². The second kappa shape index (κ2) is 3.61. The van der Waals surface area contributed by atoms with Crippen LogP contribution in [-0.4, -0.2) is 10.1 Å². The smallest absolute Gasteiger partial charge is 0.149 e. The number of nitrogen functional groups attached to an aromatic ring is 1. The summed E-state index contributed by atoms with van der Waals surface area (Å²) < 4.78 is 0. The molecule has 0 aliphatic heterocycles. The van der Waals surface area contributed by atoms with Crippen LogP contribution in [0.3, 0.4) is 0 Å². The summed E-state index contributed by atoms with van der Waals surface area (Å²) in [5, 5.41) is 11.7. The largest absolute Gasteiger partial charge is 0.505 e. The molecule has 0 radical (unpaired) electrons. The molecule has 0 unspecified atom stereocenters. The number of aromatic hydroxyl groups is 1. The number of pyridine rings is 1. The number of aromatic nitrogens is 1. The Morgan fingerprint density at radius 2 is 1.88 bits per heavy atom. The highest BCUT2D eigenvalue weighted by atomic mass is 16.3. The number of hydrogen-bond donors (Lipinski definition) is 3. The maximum Gasteiger partial charge on any atom is 0.149 e. The molecule has 0 amide bonds. The quantitative estimate of drug-likeness (QED) is 0.257. The molecule has 17 heavy (non-hydrogen) atoms. The molecule has 0 atom stereocenters. The van der Waals surface area contributed by atoms with Crippen molar-refractivity contribution >= 4 is 27.5 Å². The Hall–Kier alpha value is -2.33. The topological polar surface area (TPSA) is 71.2 Å². The van der Waals surface area contributed by atoms with Gasteiger partial charge in [-0.15, -0.1) is 0 Å². The predicted octanol–water partition coefficient (Wildman–Crippen LogP) is 2.38. The Labute approximate surface area is 97.7 Å². The Balaban J connectivity index is 2.44. The van der Waals surface area contributed by atoms with Crippen molar-refractivity contribution in [2.75, 3.05) is 5.43 Å². The van der Waals surface area contributed by atoms with Crippen molar-refractivity contribution in [3.63, 3.8) is 0 Å². The molecule has 2 aromatic carbocycles. The minimum absolute atomic E-state index is 0.128. The van der Waals surface area contributed by atoms with Gasteiger partial charge in [0.2, 0.25) is 0 Å². The van der Waals surface area contributed by atoms with Crippen molar-refractivity contribution in [3.05, 3.63) is 42.5 Å². The van der Waals surface area contributed by atoms with E-state index in [2.05, 4.69) is 10.4 Å². The number of nitrogens with two attached hydrogens (primary N) is 1. The third kappa shape index (κ3) is 1.46. The summed E-state index contributed by atoms with van der Waals surface area (Å²) >= 11 is 0. The second-order valence-electron chi connectivity index (χ2n) is 3.85. The molecule has 1 aromatic heterocycles. The summed E-state index contributed by atoms with van der Waals surface area (Å²) in [6.45, 7) is 0. The predicted molar refractivity (Wildman–Crippen MR) is 68.7 cm³/mol. The van der Waals surface area contributed by atoms with Crippen molar-refractivity contribution in [1.82, 2.24) is 4.98 Å². The zero-order valence-electron chi connectivity index (χ0n) is 9.01. The number of hydrogen-bond acceptors (Lipinski definition) is 4. The summed E-state index contributed by atoms with van der Waals surface area (Å²) in [4.78, 5) is 4.49. The molecule has 84 valence electrons. The van der Waals surface area contributed by atoms with Crippen LogP contribution in [0.2, 0.25) is 0 Å². The molecule has 0 bridgehead atoms. The number of hydrazine groups is 1. The van der Waals surface area contributed by atoms with Gasteiger partial charge in [-0.2, -0.15) is 0 Å².